The Labute approximate surface area is 106 Å². The van der Waals surface area contributed by atoms with E-state index in [1.165, 1.54) is 0 Å². The van der Waals surface area contributed by atoms with Gasteiger partial charge in [0, 0.05) is 7.05 Å². The number of aliphatic hydroxyl groups is 1. The van der Waals surface area contributed by atoms with Crippen molar-refractivity contribution in [1.82, 2.24) is 10.2 Å². The zero-order chi connectivity index (χ0) is 13.1. The number of anilines is 1. The lowest BCUT2D eigenvalue weighted by Gasteiger charge is -2.35. The first-order valence-corrected chi connectivity index (χ1v) is 6.14. The number of aliphatic hydroxyl groups excluding tert-OH is 1. The minimum absolute atomic E-state index is 0.0625. The molecule has 2 atom stereocenters. The van der Waals surface area contributed by atoms with E-state index in [-0.39, 0.29) is 17.8 Å². The van der Waals surface area contributed by atoms with Gasteiger partial charge in [0.1, 0.15) is 0 Å². The summed E-state index contributed by atoms with van der Waals surface area (Å²) >= 11 is 0. The maximum Gasteiger partial charge on any atom is 0.269 e. The van der Waals surface area contributed by atoms with E-state index in [0.29, 0.717) is 5.82 Å². The van der Waals surface area contributed by atoms with Crippen LogP contribution in [0.3, 0.4) is 0 Å². The summed E-state index contributed by atoms with van der Waals surface area (Å²) in [6, 6.07) is 3.32. The molecule has 1 aliphatic rings. The number of hydrogen-bond acceptors (Lipinski definition) is 5. The predicted octanol–water partition coefficient (Wildman–Crippen LogP) is 0.315. The first-order valence-electron chi connectivity index (χ1n) is 6.14. The van der Waals surface area contributed by atoms with Crippen molar-refractivity contribution in [3.05, 3.63) is 17.8 Å². The van der Waals surface area contributed by atoms with Gasteiger partial charge in [-0.2, -0.15) is 0 Å². The Bertz CT molecular complexity index is 421. The van der Waals surface area contributed by atoms with Crippen LogP contribution in [0, 0.1) is 0 Å². The molecule has 1 aromatic heterocycles. The van der Waals surface area contributed by atoms with Crippen molar-refractivity contribution in [1.29, 1.82) is 0 Å². The zero-order valence-corrected chi connectivity index (χ0v) is 10.4. The van der Waals surface area contributed by atoms with Crippen molar-refractivity contribution in [3.8, 4) is 0 Å². The fourth-order valence-electron chi connectivity index (χ4n) is 2.36. The number of aromatic nitrogens is 2. The predicted molar refractivity (Wildman–Crippen MR) is 67.2 cm³/mol. The van der Waals surface area contributed by atoms with E-state index in [1.807, 2.05) is 11.9 Å². The summed E-state index contributed by atoms with van der Waals surface area (Å²) < 4.78 is 0. The molecule has 18 heavy (non-hydrogen) atoms. The van der Waals surface area contributed by atoms with E-state index in [0.717, 1.165) is 25.7 Å². The summed E-state index contributed by atoms with van der Waals surface area (Å²) in [5, 5.41) is 17.7. The largest absolute Gasteiger partial charge is 0.391 e. The van der Waals surface area contributed by atoms with Crippen LogP contribution in [0.5, 0.6) is 0 Å². The van der Waals surface area contributed by atoms with E-state index < -0.39 is 5.91 Å². The standard InChI is InChI=1S/C12H18N4O2/c1-16(9-4-2-3-5-10(9)17)11-7-6-8(12(13)18)14-15-11/h6-7,9-10,17H,2-5H2,1H3,(H2,13,18). The van der Waals surface area contributed by atoms with E-state index in [1.54, 1.807) is 12.1 Å². The van der Waals surface area contributed by atoms with Crippen LogP contribution in [-0.4, -0.2) is 40.4 Å². The highest BCUT2D eigenvalue weighted by atomic mass is 16.3. The number of primary amides is 1. The van der Waals surface area contributed by atoms with Crippen LogP contribution in [0.2, 0.25) is 0 Å². The van der Waals surface area contributed by atoms with Crippen LogP contribution in [0.4, 0.5) is 5.82 Å². The van der Waals surface area contributed by atoms with E-state index in [9.17, 15) is 9.90 Å². The minimum atomic E-state index is -0.589. The number of nitrogens with zero attached hydrogens (tertiary/aromatic N) is 3. The van der Waals surface area contributed by atoms with E-state index >= 15 is 0 Å². The van der Waals surface area contributed by atoms with Gasteiger partial charge in [-0.15, -0.1) is 10.2 Å². The number of rotatable bonds is 3. The first-order chi connectivity index (χ1) is 8.59. The van der Waals surface area contributed by atoms with Crippen molar-refractivity contribution in [2.24, 2.45) is 5.73 Å². The highest BCUT2D eigenvalue weighted by Gasteiger charge is 2.27. The Morgan fingerprint density at radius 1 is 1.39 bits per heavy atom. The Kier molecular flexibility index (Phi) is 3.76. The molecular weight excluding hydrogens is 232 g/mol. The molecule has 0 spiro atoms. The molecule has 0 bridgehead atoms. The number of carbonyl (C=O) groups is 1. The molecule has 0 saturated heterocycles. The SMILES string of the molecule is CN(c1ccc(C(N)=O)nn1)C1CCCCC1O. The van der Waals surface area contributed by atoms with Gasteiger partial charge in [0.2, 0.25) is 0 Å². The maximum atomic E-state index is 10.9. The Morgan fingerprint density at radius 3 is 2.67 bits per heavy atom. The summed E-state index contributed by atoms with van der Waals surface area (Å²) in [6.45, 7) is 0. The van der Waals surface area contributed by atoms with Gasteiger partial charge in [-0.3, -0.25) is 4.79 Å². The molecule has 1 heterocycles. The quantitative estimate of drug-likeness (QED) is 0.805. The van der Waals surface area contributed by atoms with Crippen LogP contribution in [0.1, 0.15) is 36.2 Å². The molecule has 1 fully saturated rings. The smallest absolute Gasteiger partial charge is 0.269 e. The molecule has 3 N–H and O–H groups in total. The third-order valence-corrected chi connectivity index (χ3v) is 3.46. The molecule has 1 aliphatic carbocycles. The summed E-state index contributed by atoms with van der Waals surface area (Å²) in [6.07, 6.45) is 3.61. The minimum Gasteiger partial charge on any atom is -0.391 e. The molecule has 0 aromatic carbocycles. The molecule has 1 saturated carbocycles. The van der Waals surface area contributed by atoms with Crippen LogP contribution in [0.15, 0.2) is 12.1 Å². The second-order valence-electron chi connectivity index (χ2n) is 4.67. The van der Waals surface area contributed by atoms with Crippen LogP contribution in [-0.2, 0) is 0 Å². The van der Waals surface area contributed by atoms with Gasteiger partial charge in [-0.1, -0.05) is 12.8 Å². The highest BCUT2D eigenvalue weighted by molar-refractivity contribution is 5.90. The fraction of sp³-hybridized carbons (Fsp3) is 0.583. The molecule has 2 unspecified atom stereocenters. The lowest BCUT2D eigenvalue weighted by atomic mass is 9.91. The van der Waals surface area contributed by atoms with E-state index in [2.05, 4.69) is 10.2 Å². The zero-order valence-electron chi connectivity index (χ0n) is 10.4. The average Bonchev–Trinajstić information content (AvgIpc) is 2.38. The molecule has 6 heteroatoms. The topological polar surface area (TPSA) is 92.3 Å². The van der Waals surface area contributed by atoms with Crippen molar-refractivity contribution in [2.45, 2.75) is 37.8 Å². The lowest BCUT2D eigenvalue weighted by molar-refractivity contribution is 0.0993. The maximum absolute atomic E-state index is 10.9. The third-order valence-electron chi connectivity index (χ3n) is 3.46. The number of hydrogen-bond donors (Lipinski definition) is 2. The number of carbonyl (C=O) groups excluding carboxylic acids is 1. The van der Waals surface area contributed by atoms with Gasteiger partial charge in [-0.05, 0) is 25.0 Å². The van der Waals surface area contributed by atoms with Crippen LogP contribution in [0.25, 0.3) is 0 Å². The number of likely N-dealkylation sites (N-methyl/N-ethyl adjacent to an activating group) is 1. The Hall–Kier alpha value is -1.69. The van der Waals surface area contributed by atoms with Gasteiger partial charge >= 0.3 is 0 Å². The highest BCUT2D eigenvalue weighted by Crippen LogP contribution is 2.25. The van der Waals surface area contributed by atoms with Crippen molar-refractivity contribution in [3.63, 3.8) is 0 Å². The normalized spacial score (nSPS) is 23.7. The Morgan fingerprint density at radius 2 is 2.11 bits per heavy atom. The molecule has 2 rings (SSSR count). The van der Waals surface area contributed by atoms with Crippen molar-refractivity contribution in [2.75, 3.05) is 11.9 Å². The number of nitrogens with two attached hydrogens (primary N) is 1. The Balaban J connectivity index is 2.12. The second kappa shape index (κ2) is 5.30. The summed E-state index contributed by atoms with van der Waals surface area (Å²) in [7, 11) is 1.88. The van der Waals surface area contributed by atoms with Gasteiger partial charge in [0.15, 0.2) is 11.5 Å². The van der Waals surface area contributed by atoms with Gasteiger partial charge < -0.3 is 15.7 Å². The molecule has 98 valence electrons. The fourth-order valence-corrected chi connectivity index (χ4v) is 2.36. The average molecular weight is 250 g/mol. The summed E-state index contributed by atoms with van der Waals surface area (Å²) in [4.78, 5) is 12.8. The molecular formula is C12H18N4O2. The van der Waals surface area contributed by atoms with E-state index in [4.69, 9.17) is 5.73 Å². The van der Waals surface area contributed by atoms with Crippen LogP contribution < -0.4 is 10.6 Å². The molecule has 1 aromatic rings. The lowest BCUT2D eigenvalue weighted by Crippen LogP contribution is -2.43. The summed E-state index contributed by atoms with van der Waals surface area (Å²) in [5.41, 5.74) is 5.26. The molecule has 0 radical (unpaired) electrons. The third kappa shape index (κ3) is 2.59. The first kappa shape index (κ1) is 12.8. The molecule has 6 nitrogen and oxygen atoms in total. The van der Waals surface area contributed by atoms with Crippen molar-refractivity contribution >= 4 is 11.7 Å². The summed E-state index contributed by atoms with van der Waals surface area (Å²) in [5.74, 6) is 0.0559. The van der Waals surface area contributed by atoms with Gasteiger partial charge in [-0.25, -0.2) is 0 Å². The van der Waals surface area contributed by atoms with Gasteiger partial charge in [0.25, 0.3) is 5.91 Å². The molecule has 1 amide bonds. The number of amides is 1. The molecule has 0 aliphatic heterocycles. The van der Waals surface area contributed by atoms with Crippen molar-refractivity contribution < 1.29 is 9.90 Å². The second-order valence-corrected chi connectivity index (χ2v) is 4.67. The van der Waals surface area contributed by atoms with Crippen LogP contribution >= 0.6 is 0 Å². The monoisotopic (exact) mass is 250 g/mol. The van der Waals surface area contributed by atoms with Gasteiger partial charge in [0.05, 0.1) is 12.1 Å².